The molecule has 2 fully saturated rings. The van der Waals surface area contributed by atoms with Crippen LogP contribution in [0.25, 0.3) is 0 Å². The molecular weight excluding hydrogens is 547 g/mol. The van der Waals surface area contributed by atoms with Crippen molar-refractivity contribution in [2.75, 3.05) is 13.1 Å². The van der Waals surface area contributed by atoms with Crippen molar-refractivity contribution < 1.29 is 32.3 Å². The predicted octanol–water partition coefficient (Wildman–Crippen LogP) is 5.41. The number of ether oxygens (including phenoxy) is 1. The number of benzene rings is 3. The van der Waals surface area contributed by atoms with Gasteiger partial charge in [-0.1, -0.05) is 72.3 Å². The van der Waals surface area contributed by atoms with E-state index >= 15 is 0 Å². The molecule has 3 atom stereocenters. The third kappa shape index (κ3) is 6.27. The van der Waals surface area contributed by atoms with Crippen LogP contribution >= 0.6 is 0 Å². The molecule has 42 heavy (non-hydrogen) atoms. The lowest BCUT2D eigenvalue weighted by atomic mass is 9.92. The first-order valence-corrected chi connectivity index (χ1v) is 13.8. The van der Waals surface area contributed by atoms with Gasteiger partial charge in [-0.15, -0.1) is 0 Å². The van der Waals surface area contributed by atoms with Gasteiger partial charge in [0.15, 0.2) is 0 Å². The van der Waals surface area contributed by atoms with Crippen LogP contribution in [0.15, 0.2) is 78.9 Å². The monoisotopic (exact) mass is 579 g/mol. The summed E-state index contributed by atoms with van der Waals surface area (Å²) < 4.78 is 45.6. The van der Waals surface area contributed by atoms with Gasteiger partial charge in [-0.2, -0.15) is 13.2 Å². The summed E-state index contributed by atoms with van der Waals surface area (Å²) in [5.74, 6) is -1.07. The summed E-state index contributed by atoms with van der Waals surface area (Å²) in [4.78, 5) is 45.3. The molecule has 0 radical (unpaired) electrons. The van der Waals surface area contributed by atoms with E-state index in [0.717, 1.165) is 23.3 Å². The number of carbonyl (C=O) groups is 3. The van der Waals surface area contributed by atoms with E-state index in [2.05, 4.69) is 0 Å². The van der Waals surface area contributed by atoms with Gasteiger partial charge < -0.3 is 14.5 Å². The van der Waals surface area contributed by atoms with Crippen LogP contribution in [0, 0.1) is 12.8 Å². The molecule has 2 aliphatic rings. The number of nitrogens with zero attached hydrogens (tertiary/aromatic N) is 3. The molecule has 3 amide bonds. The topological polar surface area (TPSA) is 70.2 Å². The second kappa shape index (κ2) is 11.9. The molecule has 0 bridgehead atoms. The number of fused-ring (bicyclic) bond motifs is 1. The van der Waals surface area contributed by atoms with Crippen molar-refractivity contribution in [3.8, 4) is 0 Å². The zero-order valence-corrected chi connectivity index (χ0v) is 23.4. The third-order valence-corrected chi connectivity index (χ3v) is 7.77. The molecule has 220 valence electrons. The number of piperazine rings is 1. The highest BCUT2D eigenvalue weighted by Gasteiger charge is 2.50. The maximum Gasteiger partial charge on any atom is 0.416 e. The molecule has 5 rings (SSSR count). The fraction of sp³-hybridized carbons (Fsp3) is 0.344. The van der Waals surface area contributed by atoms with Gasteiger partial charge in [0.2, 0.25) is 11.8 Å². The van der Waals surface area contributed by atoms with Gasteiger partial charge in [0.1, 0.15) is 18.8 Å². The molecule has 3 aromatic carbocycles. The van der Waals surface area contributed by atoms with Crippen molar-refractivity contribution >= 4 is 17.9 Å². The zero-order valence-electron chi connectivity index (χ0n) is 23.4. The largest absolute Gasteiger partial charge is 0.444 e. The second-order valence-electron chi connectivity index (χ2n) is 10.9. The van der Waals surface area contributed by atoms with Crippen molar-refractivity contribution in [3.63, 3.8) is 0 Å². The summed E-state index contributed by atoms with van der Waals surface area (Å²) in [5, 5.41) is 0. The molecule has 3 aromatic rings. The van der Waals surface area contributed by atoms with Gasteiger partial charge >= 0.3 is 12.3 Å². The molecule has 7 nitrogen and oxygen atoms in total. The SMILES string of the molecule is Cc1cc(COC(=O)N2C[C@@H](Cc3ccccc3)C(=O)N3[C@@H]2CN(Cc2ccccc2)C(=O)[C@@H]3C)cc(C(F)(F)F)c1. The number of carbonyl (C=O) groups excluding carboxylic acids is 3. The van der Waals surface area contributed by atoms with E-state index < -0.39 is 36.0 Å². The predicted molar refractivity (Wildman–Crippen MR) is 149 cm³/mol. The van der Waals surface area contributed by atoms with E-state index in [1.807, 2.05) is 60.7 Å². The van der Waals surface area contributed by atoms with Crippen molar-refractivity contribution in [2.45, 2.75) is 51.8 Å². The highest BCUT2D eigenvalue weighted by atomic mass is 19.4. The lowest BCUT2D eigenvalue weighted by Gasteiger charge is -2.53. The summed E-state index contributed by atoms with van der Waals surface area (Å²) in [6.07, 6.45) is -5.71. The van der Waals surface area contributed by atoms with Gasteiger partial charge in [0.25, 0.3) is 0 Å². The average Bonchev–Trinajstić information content (AvgIpc) is 2.96. The first-order valence-electron chi connectivity index (χ1n) is 13.8. The summed E-state index contributed by atoms with van der Waals surface area (Å²) in [6, 6.07) is 21.5. The van der Waals surface area contributed by atoms with Crippen molar-refractivity contribution in [2.24, 2.45) is 5.92 Å². The van der Waals surface area contributed by atoms with Crippen molar-refractivity contribution in [3.05, 3.63) is 107 Å². The van der Waals surface area contributed by atoms with Crippen LogP contribution < -0.4 is 0 Å². The van der Waals surface area contributed by atoms with Crippen molar-refractivity contribution in [1.29, 1.82) is 0 Å². The maximum atomic E-state index is 13.8. The maximum absolute atomic E-state index is 13.8. The number of aryl methyl sites for hydroxylation is 1. The van der Waals surface area contributed by atoms with Gasteiger partial charge in [0.05, 0.1) is 18.0 Å². The van der Waals surface area contributed by atoms with Crippen LogP contribution in [-0.2, 0) is 40.1 Å². The Morgan fingerprint density at radius 3 is 2.17 bits per heavy atom. The fourth-order valence-corrected chi connectivity index (χ4v) is 5.78. The lowest BCUT2D eigenvalue weighted by molar-refractivity contribution is -0.172. The Labute approximate surface area is 242 Å². The Kier molecular flexibility index (Phi) is 8.24. The molecule has 0 aliphatic carbocycles. The minimum Gasteiger partial charge on any atom is -0.444 e. The van der Waals surface area contributed by atoms with Crippen LogP contribution in [0.1, 0.15) is 34.7 Å². The number of hydrogen-bond acceptors (Lipinski definition) is 4. The van der Waals surface area contributed by atoms with Gasteiger partial charge in [-0.25, -0.2) is 4.79 Å². The molecule has 0 saturated carbocycles. The Hall–Kier alpha value is -4.34. The van der Waals surface area contributed by atoms with E-state index in [4.69, 9.17) is 4.74 Å². The number of alkyl halides is 3. The highest BCUT2D eigenvalue weighted by Crippen LogP contribution is 2.32. The summed E-state index contributed by atoms with van der Waals surface area (Å²) in [5.41, 5.74) is 1.60. The fourth-order valence-electron chi connectivity index (χ4n) is 5.78. The number of hydrogen-bond donors (Lipinski definition) is 0. The van der Waals surface area contributed by atoms with Gasteiger partial charge in [-0.3, -0.25) is 14.5 Å². The number of amides is 3. The van der Waals surface area contributed by atoms with E-state index in [9.17, 15) is 27.6 Å². The smallest absolute Gasteiger partial charge is 0.416 e. The first kappa shape index (κ1) is 29.2. The van der Waals surface area contributed by atoms with E-state index in [1.54, 1.807) is 18.7 Å². The molecule has 2 aliphatic heterocycles. The molecule has 0 N–H and O–H groups in total. The Bertz CT molecular complexity index is 1450. The summed E-state index contributed by atoms with van der Waals surface area (Å²) >= 11 is 0. The second-order valence-corrected chi connectivity index (χ2v) is 10.9. The van der Waals surface area contributed by atoms with Crippen molar-refractivity contribution in [1.82, 2.24) is 14.7 Å². The van der Waals surface area contributed by atoms with Gasteiger partial charge in [-0.05, 0) is 49.1 Å². The number of halogens is 3. The molecule has 2 saturated heterocycles. The quantitative estimate of drug-likeness (QED) is 0.392. The Morgan fingerprint density at radius 1 is 0.881 bits per heavy atom. The normalized spacial score (nSPS) is 20.9. The lowest BCUT2D eigenvalue weighted by Crippen LogP contribution is -2.72. The molecule has 0 unspecified atom stereocenters. The minimum atomic E-state index is -4.53. The zero-order chi connectivity index (χ0) is 30.0. The molecular formula is C32H32F3N3O4. The first-order chi connectivity index (χ1) is 20.0. The molecule has 0 spiro atoms. The van der Waals surface area contributed by atoms with Crippen LogP contribution in [0.2, 0.25) is 0 Å². The standard InChI is InChI=1S/C32H32F3N3O4/c1-21-13-25(16-27(14-21)32(33,34)35)20-42-31(41)37-18-26(15-23-9-5-3-6-10-23)30(40)38-22(2)29(39)36(19-28(37)38)17-24-11-7-4-8-12-24/h3-14,16,22,26,28H,15,17-20H2,1-2H3/t22-,26+,28+/m0/s1. The minimum absolute atomic E-state index is 0.0510. The van der Waals surface area contributed by atoms with Crippen LogP contribution in [-0.4, -0.2) is 57.9 Å². The molecule has 2 heterocycles. The van der Waals surface area contributed by atoms with E-state index in [-0.39, 0.29) is 37.1 Å². The summed E-state index contributed by atoms with van der Waals surface area (Å²) in [6.45, 7) is 3.28. The number of rotatable bonds is 6. The van der Waals surface area contributed by atoms with Crippen LogP contribution in [0.4, 0.5) is 18.0 Å². The highest BCUT2D eigenvalue weighted by molar-refractivity contribution is 5.91. The Balaban J connectivity index is 1.41. The van der Waals surface area contributed by atoms with Crippen LogP contribution in [0.5, 0.6) is 0 Å². The average molecular weight is 580 g/mol. The van der Waals surface area contributed by atoms with Crippen LogP contribution in [0.3, 0.4) is 0 Å². The summed E-state index contributed by atoms with van der Waals surface area (Å²) in [7, 11) is 0. The third-order valence-electron chi connectivity index (χ3n) is 7.77. The van der Waals surface area contributed by atoms with Gasteiger partial charge in [0, 0.05) is 13.1 Å². The van der Waals surface area contributed by atoms with E-state index in [0.29, 0.717) is 18.5 Å². The molecule has 10 heteroatoms. The Morgan fingerprint density at radius 2 is 1.52 bits per heavy atom. The van der Waals surface area contributed by atoms with E-state index in [1.165, 1.54) is 15.9 Å². The molecule has 0 aromatic heterocycles.